The SMILES string of the molecule is COc1ccc(NC(=O)C2(c3ccc4c(c3)OCO4)CC2)cc1-c1cccc(S(N)(=O)=O)c1. The number of hydrogen-bond acceptors (Lipinski definition) is 6. The molecule has 1 heterocycles. The molecule has 8 nitrogen and oxygen atoms in total. The highest BCUT2D eigenvalue weighted by molar-refractivity contribution is 7.89. The van der Waals surface area contributed by atoms with E-state index < -0.39 is 15.4 Å². The molecule has 1 amide bonds. The van der Waals surface area contributed by atoms with Crippen LogP contribution in [-0.2, 0) is 20.2 Å². The van der Waals surface area contributed by atoms with Gasteiger partial charge in [0.25, 0.3) is 0 Å². The molecule has 0 spiro atoms. The summed E-state index contributed by atoms with van der Waals surface area (Å²) < 4.78 is 39.8. The van der Waals surface area contributed by atoms with E-state index in [1.54, 1.807) is 30.3 Å². The molecule has 5 rings (SSSR count). The lowest BCUT2D eigenvalue weighted by atomic mass is 9.94. The van der Waals surface area contributed by atoms with Crippen molar-refractivity contribution in [2.45, 2.75) is 23.2 Å². The number of anilines is 1. The van der Waals surface area contributed by atoms with E-state index in [1.807, 2.05) is 18.2 Å². The standard InChI is InChI=1S/C24H22N2O6S/c1-30-20-8-6-17(13-19(20)15-3-2-4-18(11-15)33(25,28)29)26-23(27)24(9-10-24)16-5-7-21-22(12-16)32-14-31-21/h2-8,11-13H,9-10,14H2,1H3,(H,26,27)(H2,25,28,29). The number of ether oxygens (including phenoxy) is 3. The molecule has 33 heavy (non-hydrogen) atoms. The van der Waals surface area contributed by atoms with E-state index in [0.29, 0.717) is 34.1 Å². The first-order chi connectivity index (χ1) is 15.8. The fourth-order valence-electron chi connectivity index (χ4n) is 4.07. The van der Waals surface area contributed by atoms with Crippen LogP contribution in [0.4, 0.5) is 5.69 Å². The molecule has 1 fully saturated rings. The zero-order valence-electron chi connectivity index (χ0n) is 17.8. The van der Waals surface area contributed by atoms with Crippen LogP contribution in [0.5, 0.6) is 17.2 Å². The normalized spacial score (nSPS) is 15.7. The van der Waals surface area contributed by atoms with Crippen molar-refractivity contribution >= 4 is 21.6 Å². The van der Waals surface area contributed by atoms with Crippen LogP contribution in [-0.4, -0.2) is 28.2 Å². The Kier molecular flexibility index (Phi) is 5.02. The Morgan fingerprint density at radius 1 is 1.03 bits per heavy atom. The zero-order valence-corrected chi connectivity index (χ0v) is 18.6. The van der Waals surface area contributed by atoms with Crippen LogP contribution < -0.4 is 24.7 Å². The Labute approximate surface area is 191 Å². The third-order valence-corrected chi connectivity index (χ3v) is 6.95. The fraction of sp³-hybridized carbons (Fsp3) is 0.208. The number of carbonyl (C=O) groups is 1. The maximum absolute atomic E-state index is 13.3. The molecule has 1 aliphatic heterocycles. The summed E-state index contributed by atoms with van der Waals surface area (Å²) in [7, 11) is -2.33. The molecule has 0 saturated heterocycles. The van der Waals surface area contributed by atoms with Crippen LogP contribution in [0, 0.1) is 0 Å². The van der Waals surface area contributed by atoms with Gasteiger partial charge in [0.15, 0.2) is 11.5 Å². The minimum atomic E-state index is -3.86. The van der Waals surface area contributed by atoms with Crippen LogP contribution in [0.1, 0.15) is 18.4 Å². The largest absolute Gasteiger partial charge is 0.496 e. The lowest BCUT2D eigenvalue weighted by molar-refractivity contribution is -0.118. The summed E-state index contributed by atoms with van der Waals surface area (Å²) in [4.78, 5) is 13.3. The van der Waals surface area contributed by atoms with Gasteiger partial charge < -0.3 is 19.5 Å². The van der Waals surface area contributed by atoms with Crippen molar-refractivity contribution in [3.05, 3.63) is 66.2 Å². The van der Waals surface area contributed by atoms with Gasteiger partial charge in [-0.1, -0.05) is 18.2 Å². The molecule has 3 aromatic rings. The second-order valence-corrected chi connectivity index (χ2v) is 9.65. The van der Waals surface area contributed by atoms with Crippen LogP contribution in [0.2, 0.25) is 0 Å². The Bertz CT molecular complexity index is 1370. The van der Waals surface area contributed by atoms with Crippen molar-refractivity contribution in [3.63, 3.8) is 0 Å². The minimum absolute atomic E-state index is 0.00349. The summed E-state index contributed by atoms with van der Waals surface area (Å²) in [5.41, 5.74) is 2.08. The average molecular weight is 467 g/mol. The molecule has 0 radical (unpaired) electrons. The second kappa shape index (κ2) is 7.79. The van der Waals surface area contributed by atoms with Crippen molar-refractivity contribution in [1.29, 1.82) is 0 Å². The summed E-state index contributed by atoms with van der Waals surface area (Å²) >= 11 is 0. The predicted molar refractivity (Wildman–Crippen MR) is 122 cm³/mol. The zero-order chi connectivity index (χ0) is 23.2. The first-order valence-corrected chi connectivity index (χ1v) is 11.9. The number of amides is 1. The van der Waals surface area contributed by atoms with Gasteiger partial charge in [-0.2, -0.15) is 0 Å². The number of rotatable bonds is 6. The van der Waals surface area contributed by atoms with Gasteiger partial charge in [-0.25, -0.2) is 13.6 Å². The van der Waals surface area contributed by atoms with E-state index in [2.05, 4.69) is 5.32 Å². The van der Waals surface area contributed by atoms with Gasteiger partial charge >= 0.3 is 0 Å². The molecule has 170 valence electrons. The number of carbonyl (C=O) groups excluding carboxylic acids is 1. The van der Waals surface area contributed by atoms with Crippen molar-refractivity contribution in [2.75, 3.05) is 19.2 Å². The number of nitrogens with two attached hydrogens (primary N) is 1. The number of fused-ring (bicyclic) bond motifs is 1. The van der Waals surface area contributed by atoms with Gasteiger partial charge in [-0.05, 0) is 66.4 Å². The molecular weight excluding hydrogens is 444 g/mol. The van der Waals surface area contributed by atoms with E-state index in [0.717, 1.165) is 18.4 Å². The van der Waals surface area contributed by atoms with Crippen molar-refractivity contribution < 1.29 is 27.4 Å². The Morgan fingerprint density at radius 2 is 1.82 bits per heavy atom. The van der Waals surface area contributed by atoms with E-state index in [9.17, 15) is 13.2 Å². The molecule has 3 aromatic carbocycles. The molecule has 0 bridgehead atoms. The van der Waals surface area contributed by atoms with Gasteiger partial charge in [-0.15, -0.1) is 0 Å². The van der Waals surface area contributed by atoms with E-state index >= 15 is 0 Å². The number of methoxy groups -OCH3 is 1. The van der Waals surface area contributed by atoms with Gasteiger partial charge in [0, 0.05) is 11.3 Å². The lowest BCUT2D eigenvalue weighted by Crippen LogP contribution is -2.27. The highest BCUT2D eigenvalue weighted by atomic mass is 32.2. The average Bonchev–Trinajstić information content (AvgIpc) is 3.49. The highest BCUT2D eigenvalue weighted by Crippen LogP contribution is 2.51. The topological polar surface area (TPSA) is 117 Å². The Hall–Kier alpha value is -3.56. The number of benzene rings is 3. The second-order valence-electron chi connectivity index (χ2n) is 8.09. The third kappa shape index (κ3) is 3.90. The van der Waals surface area contributed by atoms with Gasteiger partial charge in [0.2, 0.25) is 22.7 Å². The first kappa shape index (κ1) is 21.3. The number of nitrogens with one attached hydrogen (secondary N) is 1. The van der Waals surface area contributed by atoms with E-state index in [1.165, 1.54) is 19.2 Å². The number of primary sulfonamides is 1. The smallest absolute Gasteiger partial charge is 0.238 e. The van der Waals surface area contributed by atoms with Gasteiger partial charge in [-0.3, -0.25) is 4.79 Å². The summed E-state index contributed by atoms with van der Waals surface area (Å²) in [6, 6.07) is 17.1. The molecule has 2 aliphatic rings. The molecule has 0 atom stereocenters. The van der Waals surface area contributed by atoms with Crippen LogP contribution >= 0.6 is 0 Å². The number of hydrogen-bond donors (Lipinski definition) is 2. The maximum Gasteiger partial charge on any atom is 0.238 e. The minimum Gasteiger partial charge on any atom is -0.496 e. The van der Waals surface area contributed by atoms with Gasteiger partial charge in [0.05, 0.1) is 17.4 Å². The molecule has 9 heteroatoms. The first-order valence-electron chi connectivity index (χ1n) is 10.3. The van der Waals surface area contributed by atoms with Crippen LogP contribution in [0.3, 0.4) is 0 Å². The van der Waals surface area contributed by atoms with E-state index in [-0.39, 0.29) is 17.6 Å². The quantitative estimate of drug-likeness (QED) is 0.575. The summed E-state index contributed by atoms with van der Waals surface area (Å²) in [5, 5.41) is 8.29. The lowest BCUT2D eigenvalue weighted by Gasteiger charge is -2.18. The van der Waals surface area contributed by atoms with Crippen LogP contribution in [0.15, 0.2) is 65.6 Å². The Balaban J connectivity index is 1.45. The third-order valence-electron chi connectivity index (χ3n) is 6.04. The van der Waals surface area contributed by atoms with Crippen LogP contribution in [0.25, 0.3) is 11.1 Å². The maximum atomic E-state index is 13.3. The van der Waals surface area contributed by atoms with E-state index in [4.69, 9.17) is 19.3 Å². The Morgan fingerprint density at radius 3 is 2.55 bits per heavy atom. The van der Waals surface area contributed by atoms with Gasteiger partial charge in [0.1, 0.15) is 5.75 Å². The number of sulfonamides is 1. The molecule has 3 N–H and O–H groups in total. The highest BCUT2D eigenvalue weighted by Gasteiger charge is 2.51. The monoisotopic (exact) mass is 466 g/mol. The molecular formula is C24H22N2O6S. The molecule has 0 unspecified atom stereocenters. The summed E-state index contributed by atoms with van der Waals surface area (Å²) in [5.74, 6) is 1.75. The van der Waals surface area contributed by atoms with Crippen molar-refractivity contribution in [2.24, 2.45) is 5.14 Å². The fourth-order valence-corrected chi connectivity index (χ4v) is 4.63. The summed E-state index contributed by atoms with van der Waals surface area (Å²) in [6.45, 7) is 0.180. The predicted octanol–water partition coefficient (Wildman–Crippen LogP) is 3.41. The molecule has 1 aliphatic carbocycles. The summed E-state index contributed by atoms with van der Waals surface area (Å²) in [6.07, 6.45) is 1.47. The molecule has 1 saturated carbocycles. The van der Waals surface area contributed by atoms with Crippen molar-refractivity contribution in [1.82, 2.24) is 0 Å². The molecule has 0 aromatic heterocycles. The van der Waals surface area contributed by atoms with Crippen molar-refractivity contribution in [3.8, 4) is 28.4 Å².